The predicted molar refractivity (Wildman–Crippen MR) is 71.1 cm³/mol. The summed E-state index contributed by atoms with van der Waals surface area (Å²) in [6.07, 6.45) is 1.21. The molecular formula is C15H21NO2. The van der Waals surface area contributed by atoms with Gasteiger partial charge in [0.25, 0.3) is 0 Å². The molecule has 2 aliphatic heterocycles. The highest BCUT2D eigenvalue weighted by atomic mass is 16.5. The van der Waals surface area contributed by atoms with E-state index < -0.39 is 0 Å². The van der Waals surface area contributed by atoms with Gasteiger partial charge in [0.15, 0.2) is 0 Å². The van der Waals surface area contributed by atoms with Gasteiger partial charge in [0.1, 0.15) is 5.75 Å². The van der Waals surface area contributed by atoms with Crippen molar-refractivity contribution in [3.63, 3.8) is 0 Å². The molecule has 1 atom stereocenters. The monoisotopic (exact) mass is 247 g/mol. The number of hydrogen-bond acceptors (Lipinski definition) is 3. The van der Waals surface area contributed by atoms with E-state index in [0.29, 0.717) is 5.92 Å². The normalized spacial score (nSPS) is 25.7. The van der Waals surface area contributed by atoms with Gasteiger partial charge in [0, 0.05) is 17.9 Å². The fourth-order valence-corrected chi connectivity index (χ4v) is 2.66. The molecule has 0 aromatic heterocycles. The van der Waals surface area contributed by atoms with Crippen molar-refractivity contribution in [3.05, 3.63) is 29.8 Å². The Morgan fingerprint density at radius 1 is 1.39 bits per heavy atom. The smallest absolute Gasteiger partial charge is 0.122 e. The summed E-state index contributed by atoms with van der Waals surface area (Å²) in [5.74, 6) is 1.66. The summed E-state index contributed by atoms with van der Waals surface area (Å²) in [6, 6.07) is 8.46. The maximum absolute atomic E-state index is 6.05. The summed E-state index contributed by atoms with van der Waals surface area (Å²) in [5.41, 5.74) is 1.56. The molecule has 2 fully saturated rings. The highest BCUT2D eigenvalue weighted by Gasteiger charge is 2.34. The minimum absolute atomic E-state index is 0.209. The van der Waals surface area contributed by atoms with E-state index in [1.165, 1.54) is 12.0 Å². The van der Waals surface area contributed by atoms with E-state index in [1.54, 1.807) is 0 Å². The van der Waals surface area contributed by atoms with Crippen molar-refractivity contribution in [2.45, 2.75) is 19.3 Å². The number of benzene rings is 1. The first kappa shape index (κ1) is 12.0. The van der Waals surface area contributed by atoms with Crippen LogP contribution in [0.25, 0.3) is 0 Å². The van der Waals surface area contributed by atoms with Gasteiger partial charge in [-0.25, -0.2) is 0 Å². The Morgan fingerprint density at radius 2 is 2.22 bits per heavy atom. The van der Waals surface area contributed by atoms with Gasteiger partial charge in [-0.2, -0.15) is 0 Å². The second-order valence-electron chi connectivity index (χ2n) is 5.82. The first-order chi connectivity index (χ1) is 8.77. The molecule has 3 heteroatoms. The zero-order valence-corrected chi connectivity index (χ0v) is 10.9. The lowest BCUT2D eigenvalue weighted by molar-refractivity contribution is -0.120. The molecule has 3 nitrogen and oxygen atoms in total. The van der Waals surface area contributed by atoms with Crippen LogP contribution in [0.15, 0.2) is 24.3 Å². The third-order valence-corrected chi connectivity index (χ3v) is 3.90. The molecule has 1 aromatic rings. The van der Waals surface area contributed by atoms with Crippen molar-refractivity contribution in [1.82, 2.24) is 5.32 Å². The van der Waals surface area contributed by atoms with Crippen molar-refractivity contribution in [3.8, 4) is 5.75 Å². The van der Waals surface area contributed by atoms with Crippen LogP contribution in [-0.4, -0.2) is 32.9 Å². The number of nitrogens with one attached hydrogen (secondary N) is 1. The third kappa shape index (κ3) is 2.38. The van der Waals surface area contributed by atoms with Crippen molar-refractivity contribution in [1.29, 1.82) is 0 Å². The van der Waals surface area contributed by atoms with E-state index in [2.05, 4.69) is 36.5 Å². The summed E-state index contributed by atoms with van der Waals surface area (Å²) in [4.78, 5) is 0. The fourth-order valence-electron chi connectivity index (χ4n) is 2.66. The topological polar surface area (TPSA) is 30.5 Å². The van der Waals surface area contributed by atoms with Crippen molar-refractivity contribution in [2.75, 3.05) is 32.9 Å². The molecule has 2 aliphatic rings. The summed E-state index contributed by atoms with van der Waals surface area (Å²) >= 11 is 0. The van der Waals surface area contributed by atoms with E-state index in [0.717, 1.165) is 38.7 Å². The quantitative estimate of drug-likeness (QED) is 0.884. The molecule has 0 spiro atoms. The number of hydrogen-bond donors (Lipinski definition) is 1. The maximum atomic E-state index is 6.05. The Morgan fingerprint density at radius 3 is 2.89 bits per heavy atom. The Kier molecular flexibility index (Phi) is 3.27. The Hall–Kier alpha value is -1.06. The molecule has 0 saturated carbocycles. The van der Waals surface area contributed by atoms with Gasteiger partial charge in [-0.05, 0) is 24.6 Å². The molecule has 1 aromatic carbocycles. The van der Waals surface area contributed by atoms with E-state index in [9.17, 15) is 0 Å². The van der Waals surface area contributed by atoms with Crippen molar-refractivity contribution >= 4 is 0 Å². The van der Waals surface area contributed by atoms with Crippen LogP contribution in [0, 0.1) is 5.41 Å². The first-order valence-corrected chi connectivity index (χ1v) is 6.77. The zero-order chi connectivity index (χ0) is 12.4. The van der Waals surface area contributed by atoms with Crippen LogP contribution in [0.3, 0.4) is 0 Å². The summed E-state index contributed by atoms with van der Waals surface area (Å²) in [5, 5.41) is 3.42. The molecular weight excluding hydrogens is 226 g/mol. The Bertz CT molecular complexity index is 409. The summed E-state index contributed by atoms with van der Waals surface area (Å²) in [6.45, 7) is 6.80. The molecule has 3 rings (SSSR count). The summed E-state index contributed by atoms with van der Waals surface area (Å²) in [7, 11) is 0. The zero-order valence-electron chi connectivity index (χ0n) is 10.9. The van der Waals surface area contributed by atoms with E-state index >= 15 is 0 Å². The van der Waals surface area contributed by atoms with Crippen LogP contribution >= 0.6 is 0 Å². The fraction of sp³-hybridized carbons (Fsp3) is 0.600. The van der Waals surface area contributed by atoms with Crippen LogP contribution in [0.4, 0.5) is 0 Å². The van der Waals surface area contributed by atoms with E-state index in [1.807, 2.05) is 0 Å². The molecule has 2 saturated heterocycles. The molecule has 0 radical (unpaired) electrons. The van der Waals surface area contributed by atoms with Gasteiger partial charge in [-0.1, -0.05) is 25.1 Å². The van der Waals surface area contributed by atoms with Crippen LogP contribution in [0.2, 0.25) is 0 Å². The molecule has 98 valence electrons. The first-order valence-electron chi connectivity index (χ1n) is 6.77. The predicted octanol–water partition coefficient (Wildman–Crippen LogP) is 2.18. The molecule has 0 amide bonds. The van der Waals surface area contributed by atoms with Crippen LogP contribution < -0.4 is 10.1 Å². The van der Waals surface area contributed by atoms with Crippen molar-refractivity contribution < 1.29 is 9.47 Å². The van der Waals surface area contributed by atoms with Gasteiger partial charge in [0.2, 0.25) is 0 Å². The highest BCUT2D eigenvalue weighted by Crippen LogP contribution is 2.33. The standard InChI is InChI=1S/C15H21NO2/c1-15(9-17-10-15)11-18-14-5-3-2-4-13(14)12-6-7-16-8-12/h2-5,12,16H,6-11H2,1H3. The van der Waals surface area contributed by atoms with E-state index in [4.69, 9.17) is 9.47 Å². The number of para-hydroxylation sites is 1. The van der Waals surface area contributed by atoms with E-state index in [-0.39, 0.29) is 5.41 Å². The Balaban J connectivity index is 1.70. The third-order valence-electron chi connectivity index (χ3n) is 3.90. The SMILES string of the molecule is CC1(COc2ccccc2C2CCNC2)COC1. The molecule has 1 unspecified atom stereocenters. The lowest BCUT2D eigenvalue weighted by Crippen LogP contribution is -2.44. The van der Waals surface area contributed by atoms with Gasteiger partial charge >= 0.3 is 0 Å². The van der Waals surface area contributed by atoms with Crippen LogP contribution in [-0.2, 0) is 4.74 Å². The summed E-state index contributed by atoms with van der Waals surface area (Å²) < 4.78 is 11.3. The highest BCUT2D eigenvalue weighted by molar-refractivity contribution is 5.37. The second kappa shape index (κ2) is 4.90. The van der Waals surface area contributed by atoms with Crippen LogP contribution in [0.1, 0.15) is 24.8 Å². The van der Waals surface area contributed by atoms with Gasteiger partial charge in [-0.3, -0.25) is 0 Å². The molecule has 1 N–H and O–H groups in total. The lowest BCUT2D eigenvalue weighted by atomic mass is 9.90. The minimum Gasteiger partial charge on any atom is -0.493 e. The lowest BCUT2D eigenvalue weighted by Gasteiger charge is -2.37. The van der Waals surface area contributed by atoms with Gasteiger partial charge in [-0.15, -0.1) is 0 Å². The van der Waals surface area contributed by atoms with Crippen molar-refractivity contribution in [2.24, 2.45) is 5.41 Å². The maximum Gasteiger partial charge on any atom is 0.122 e. The van der Waals surface area contributed by atoms with Gasteiger partial charge < -0.3 is 14.8 Å². The average molecular weight is 247 g/mol. The second-order valence-corrected chi connectivity index (χ2v) is 5.82. The number of ether oxygens (including phenoxy) is 2. The molecule has 0 aliphatic carbocycles. The molecule has 0 bridgehead atoms. The number of rotatable bonds is 4. The van der Waals surface area contributed by atoms with Gasteiger partial charge in [0.05, 0.1) is 19.8 Å². The molecule has 2 heterocycles. The van der Waals surface area contributed by atoms with Crippen LogP contribution in [0.5, 0.6) is 5.75 Å². The minimum atomic E-state index is 0.209. The average Bonchev–Trinajstić information content (AvgIpc) is 2.88. The largest absolute Gasteiger partial charge is 0.493 e. The molecule has 18 heavy (non-hydrogen) atoms. The Labute approximate surface area is 108 Å².